The van der Waals surface area contributed by atoms with Gasteiger partial charge < -0.3 is 35.6 Å². The number of aliphatic hydroxyl groups excluding tert-OH is 5. The summed E-state index contributed by atoms with van der Waals surface area (Å²) >= 11 is 0. The summed E-state index contributed by atoms with van der Waals surface area (Å²) in [5, 5.41) is 54.3. The van der Waals surface area contributed by atoms with E-state index in [4.69, 9.17) is 4.74 Å². The summed E-state index contributed by atoms with van der Waals surface area (Å²) < 4.78 is 5.82. The van der Waals surface area contributed by atoms with Crippen molar-refractivity contribution in [3.63, 3.8) is 0 Å². The number of nitrogens with one attached hydrogen (secondary N) is 1. The fraction of sp³-hybridized carbons (Fsp3) is 0.919. The highest BCUT2D eigenvalue weighted by molar-refractivity contribution is 5.84. The van der Waals surface area contributed by atoms with Crippen molar-refractivity contribution in [2.24, 2.45) is 50.2 Å². The molecule has 0 bridgehead atoms. The molecule has 5 rings (SSSR count). The lowest BCUT2D eigenvalue weighted by Crippen LogP contribution is -2.66. The van der Waals surface area contributed by atoms with Crippen molar-refractivity contribution in [1.82, 2.24) is 5.32 Å². The van der Waals surface area contributed by atoms with E-state index in [9.17, 15) is 30.3 Å². The molecule has 5 aliphatic carbocycles. The Hall–Kier alpha value is -1.03. The van der Waals surface area contributed by atoms with Crippen LogP contribution in [0.4, 0.5) is 0 Å². The van der Waals surface area contributed by atoms with Gasteiger partial charge in [-0.2, -0.15) is 0 Å². The van der Waals surface area contributed by atoms with Gasteiger partial charge in [-0.15, -0.1) is 0 Å². The number of aliphatic hydroxyl groups is 5. The molecule has 0 aromatic rings. The number of fused-ring (bicyclic) bond motifs is 7. The molecule has 0 saturated heterocycles. The normalized spacial score (nSPS) is 44.5. The highest BCUT2D eigenvalue weighted by atomic mass is 16.5. The number of rotatable bonds is 8. The Labute approximate surface area is 271 Å². The molecule has 8 nitrogen and oxygen atoms in total. The van der Waals surface area contributed by atoms with Gasteiger partial charge in [-0.25, -0.2) is 0 Å². The molecule has 0 aliphatic heterocycles. The first-order chi connectivity index (χ1) is 20.8. The second-order valence-corrected chi connectivity index (χ2v) is 18.0. The van der Waals surface area contributed by atoms with Gasteiger partial charge in [-0.05, 0) is 116 Å². The van der Waals surface area contributed by atoms with Gasteiger partial charge in [-0.3, -0.25) is 4.79 Å². The summed E-state index contributed by atoms with van der Waals surface area (Å²) in [6, 6.07) is 0. The predicted molar refractivity (Wildman–Crippen MR) is 174 cm³/mol. The lowest BCUT2D eigenvalue weighted by molar-refractivity contribution is -0.204. The van der Waals surface area contributed by atoms with Crippen LogP contribution in [0.3, 0.4) is 0 Å². The molecular weight excluding hydrogens is 570 g/mol. The lowest BCUT2D eigenvalue weighted by atomic mass is 9.33. The monoisotopic (exact) mass is 633 g/mol. The standard InChI is InChI=1S/C37H63NO7/c1-22(41)26(21-40)45-30(25(42)20-39)38-31(44)37-17-15-32(2,3)19-24(37)23-9-10-28-34(6)13-12-29(43)33(4,5)27(34)11-14-36(28,8)35(23,7)16-18-37/h9,22,24-30,39-43H,10-21H2,1-8H3,(H,38,44)/t22-,24?,25+,26?,27?,28?,29+,30?,34+,35-,36-,37+/m1/s1. The topological polar surface area (TPSA) is 139 Å². The van der Waals surface area contributed by atoms with Crippen LogP contribution in [0.25, 0.3) is 0 Å². The van der Waals surface area contributed by atoms with Crippen LogP contribution in [0, 0.1) is 50.2 Å². The van der Waals surface area contributed by atoms with E-state index < -0.39 is 43.2 Å². The first kappa shape index (κ1) is 35.3. The van der Waals surface area contributed by atoms with Gasteiger partial charge in [0.05, 0.1) is 30.8 Å². The van der Waals surface area contributed by atoms with Crippen molar-refractivity contribution < 1.29 is 35.1 Å². The molecule has 0 aromatic heterocycles. The van der Waals surface area contributed by atoms with Gasteiger partial charge >= 0.3 is 0 Å². The predicted octanol–water partition coefficient (Wildman–Crippen LogP) is 4.70. The van der Waals surface area contributed by atoms with Crippen molar-refractivity contribution in [1.29, 1.82) is 0 Å². The average Bonchev–Trinajstić information content (AvgIpc) is 2.96. The van der Waals surface area contributed by atoms with E-state index in [0.717, 1.165) is 64.2 Å². The number of amides is 1. The molecule has 0 spiro atoms. The van der Waals surface area contributed by atoms with E-state index in [1.807, 2.05) is 0 Å². The molecule has 0 aromatic carbocycles. The number of carbonyl (C=O) groups is 1. The van der Waals surface area contributed by atoms with E-state index in [2.05, 4.69) is 59.9 Å². The second kappa shape index (κ2) is 11.8. The number of ether oxygens (including phenoxy) is 1. The molecule has 5 aliphatic rings. The minimum Gasteiger partial charge on any atom is -0.394 e. The Bertz CT molecular complexity index is 1150. The molecule has 4 fully saturated rings. The maximum absolute atomic E-state index is 14.6. The molecular formula is C37H63NO7. The van der Waals surface area contributed by atoms with E-state index >= 15 is 0 Å². The molecule has 5 unspecified atom stereocenters. The molecule has 6 N–H and O–H groups in total. The van der Waals surface area contributed by atoms with Crippen molar-refractivity contribution in [2.45, 2.75) is 150 Å². The first-order valence-corrected chi connectivity index (χ1v) is 17.8. The van der Waals surface area contributed by atoms with Gasteiger partial charge in [0.2, 0.25) is 5.91 Å². The third kappa shape index (κ3) is 5.36. The Morgan fingerprint density at radius 2 is 1.60 bits per heavy atom. The smallest absolute Gasteiger partial charge is 0.228 e. The van der Waals surface area contributed by atoms with Crippen molar-refractivity contribution in [2.75, 3.05) is 13.2 Å². The van der Waals surface area contributed by atoms with Crippen LogP contribution in [-0.2, 0) is 9.53 Å². The van der Waals surface area contributed by atoms with Crippen molar-refractivity contribution in [3.05, 3.63) is 11.6 Å². The summed E-state index contributed by atoms with van der Waals surface area (Å²) in [6.07, 6.45) is 6.94. The van der Waals surface area contributed by atoms with Crippen molar-refractivity contribution in [3.8, 4) is 0 Å². The minimum absolute atomic E-state index is 0.0465. The van der Waals surface area contributed by atoms with Crippen molar-refractivity contribution >= 4 is 5.91 Å². The van der Waals surface area contributed by atoms with Crippen LogP contribution in [0.5, 0.6) is 0 Å². The SMILES string of the molecule is C[C@@H](O)C(CO)OC(NC(=O)[C@]12CCC(C)(C)CC1C1=CCC3[C@@]4(C)CC[C@H](O)C(C)(C)C4CC[C@@]3(C)[C@]1(C)CC2)[C@@H](O)CO. The summed E-state index contributed by atoms with van der Waals surface area (Å²) in [7, 11) is 0. The van der Waals surface area contributed by atoms with E-state index in [1.165, 1.54) is 12.5 Å². The van der Waals surface area contributed by atoms with E-state index in [-0.39, 0.29) is 45.0 Å². The lowest BCUT2D eigenvalue weighted by Gasteiger charge is -2.71. The van der Waals surface area contributed by atoms with E-state index in [0.29, 0.717) is 11.8 Å². The largest absolute Gasteiger partial charge is 0.394 e. The maximum Gasteiger partial charge on any atom is 0.228 e. The molecule has 258 valence electrons. The van der Waals surface area contributed by atoms with Crippen LogP contribution in [0.1, 0.15) is 120 Å². The fourth-order valence-electron chi connectivity index (χ4n) is 11.7. The summed E-state index contributed by atoms with van der Waals surface area (Å²) in [6.45, 7) is 17.1. The molecule has 1 amide bonds. The number of hydrogen-bond donors (Lipinski definition) is 6. The third-order valence-electron chi connectivity index (χ3n) is 14.9. The van der Waals surface area contributed by atoms with Gasteiger partial charge in [-0.1, -0.05) is 60.1 Å². The Morgan fingerprint density at radius 3 is 2.22 bits per heavy atom. The quantitative estimate of drug-likeness (QED) is 0.168. The Morgan fingerprint density at radius 1 is 0.933 bits per heavy atom. The molecule has 8 heteroatoms. The van der Waals surface area contributed by atoms with Crippen LogP contribution >= 0.6 is 0 Å². The second-order valence-electron chi connectivity index (χ2n) is 18.0. The third-order valence-corrected chi connectivity index (χ3v) is 14.9. The zero-order valence-corrected chi connectivity index (χ0v) is 29.2. The van der Waals surface area contributed by atoms with Gasteiger partial charge in [0.1, 0.15) is 12.2 Å². The number of allylic oxidation sites excluding steroid dienone is 2. The summed E-state index contributed by atoms with van der Waals surface area (Å²) in [5.41, 5.74) is 0.913. The Kier molecular flexibility index (Phi) is 9.28. The molecule has 0 heterocycles. The van der Waals surface area contributed by atoms with Gasteiger partial charge in [0.25, 0.3) is 0 Å². The zero-order chi connectivity index (χ0) is 33.4. The van der Waals surface area contributed by atoms with Crippen LogP contribution in [0.2, 0.25) is 0 Å². The van der Waals surface area contributed by atoms with Gasteiger partial charge in [0.15, 0.2) is 6.23 Å². The molecule has 0 radical (unpaired) electrons. The maximum atomic E-state index is 14.6. The van der Waals surface area contributed by atoms with E-state index in [1.54, 1.807) is 0 Å². The van der Waals surface area contributed by atoms with Gasteiger partial charge in [0, 0.05) is 0 Å². The Balaban J connectivity index is 1.51. The number of hydrogen-bond acceptors (Lipinski definition) is 7. The van der Waals surface area contributed by atoms with Crippen LogP contribution in [0.15, 0.2) is 11.6 Å². The minimum atomic E-state index is -1.40. The molecule has 4 saturated carbocycles. The van der Waals surface area contributed by atoms with Crippen LogP contribution in [-0.4, -0.2) is 75.3 Å². The zero-order valence-electron chi connectivity index (χ0n) is 29.2. The highest BCUT2D eigenvalue weighted by Crippen LogP contribution is 2.75. The van der Waals surface area contributed by atoms with Crippen LogP contribution < -0.4 is 5.32 Å². The molecule has 45 heavy (non-hydrogen) atoms. The molecule has 12 atom stereocenters. The number of carbonyl (C=O) groups excluding carboxylic acids is 1. The highest BCUT2D eigenvalue weighted by Gasteiger charge is 2.69. The summed E-state index contributed by atoms with van der Waals surface area (Å²) in [5.74, 6) is 0.865. The first-order valence-electron chi connectivity index (χ1n) is 17.8. The summed E-state index contributed by atoms with van der Waals surface area (Å²) in [4.78, 5) is 14.6. The average molecular weight is 634 g/mol. The fourth-order valence-corrected chi connectivity index (χ4v) is 11.7.